The van der Waals surface area contributed by atoms with Crippen LogP contribution in [0.25, 0.3) is 0 Å². The van der Waals surface area contributed by atoms with E-state index in [9.17, 15) is 4.79 Å². The second kappa shape index (κ2) is 5.90. The molecule has 0 spiro atoms. The van der Waals surface area contributed by atoms with Crippen LogP contribution in [0.1, 0.15) is 36.2 Å². The number of primary amides is 1. The van der Waals surface area contributed by atoms with Crippen molar-refractivity contribution in [3.63, 3.8) is 0 Å². The minimum atomic E-state index is -0.546. The zero-order valence-corrected chi connectivity index (χ0v) is 10.1. The van der Waals surface area contributed by atoms with E-state index >= 15 is 0 Å². The average Bonchev–Trinajstić information content (AvgIpc) is 2.28. The van der Waals surface area contributed by atoms with E-state index in [1.807, 2.05) is 6.07 Å². The molecule has 0 saturated carbocycles. The van der Waals surface area contributed by atoms with Crippen LogP contribution in [0, 0.1) is 17.2 Å². The number of hydrogen-bond donors (Lipinski definition) is 1. The lowest BCUT2D eigenvalue weighted by atomic mass is 10.1. The van der Waals surface area contributed by atoms with Crippen molar-refractivity contribution >= 4 is 5.91 Å². The summed E-state index contributed by atoms with van der Waals surface area (Å²) in [5.74, 6) is 0.499. The SMILES string of the molecule is CC(C)CCOc1ccc(C(N)=O)cc1C#N. The lowest BCUT2D eigenvalue weighted by Gasteiger charge is -2.09. The molecule has 0 radical (unpaired) electrons. The molecule has 0 aliphatic carbocycles. The zero-order valence-electron chi connectivity index (χ0n) is 10.1. The molecule has 0 bridgehead atoms. The van der Waals surface area contributed by atoms with Gasteiger partial charge in [0.2, 0.25) is 5.91 Å². The topological polar surface area (TPSA) is 76.1 Å². The minimum absolute atomic E-state index is 0.317. The molecule has 17 heavy (non-hydrogen) atoms. The third-order valence-electron chi connectivity index (χ3n) is 2.34. The van der Waals surface area contributed by atoms with Gasteiger partial charge in [-0.25, -0.2) is 0 Å². The van der Waals surface area contributed by atoms with E-state index in [0.717, 1.165) is 6.42 Å². The molecule has 1 aromatic rings. The molecule has 1 aromatic carbocycles. The molecule has 4 nitrogen and oxygen atoms in total. The van der Waals surface area contributed by atoms with Gasteiger partial charge in [0.25, 0.3) is 0 Å². The Morgan fingerprint density at radius 2 is 2.24 bits per heavy atom. The molecule has 0 unspecified atom stereocenters. The first-order valence-corrected chi connectivity index (χ1v) is 5.51. The Labute approximate surface area is 101 Å². The molecule has 0 fully saturated rings. The summed E-state index contributed by atoms with van der Waals surface area (Å²) < 4.78 is 5.50. The highest BCUT2D eigenvalue weighted by atomic mass is 16.5. The van der Waals surface area contributed by atoms with Crippen LogP contribution in [0.3, 0.4) is 0 Å². The van der Waals surface area contributed by atoms with Crippen molar-refractivity contribution in [1.29, 1.82) is 5.26 Å². The van der Waals surface area contributed by atoms with Crippen LogP contribution in [0.15, 0.2) is 18.2 Å². The molecule has 0 heterocycles. The highest BCUT2D eigenvalue weighted by Gasteiger charge is 2.08. The summed E-state index contributed by atoms with van der Waals surface area (Å²) in [5.41, 5.74) is 5.79. The monoisotopic (exact) mass is 232 g/mol. The smallest absolute Gasteiger partial charge is 0.248 e. The second-order valence-corrected chi connectivity index (χ2v) is 4.22. The van der Waals surface area contributed by atoms with Crippen molar-refractivity contribution in [2.45, 2.75) is 20.3 Å². The number of nitriles is 1. The first kappa shape index (κ1) is 13.0. The van der Waals surface area contributed by atoms with Gasteiger partial charge in [-0.05, 0) is 30.5 Å². The number of nitrogens with zero attached hydrogens (tertiary/aromatic N) is 1. The van der Waals surface area contributed by atoms with Crippen molar-refractivity contribution in [1.82, 2.24) is 0 Å². The maximum Gasteiger partial charge on any atom is 0.248 e. The molecule has 0 saturated heterocycles. The van der Waals surface area contributed by atoms with Gasteiger partial charge in [-0.3, -0.25) is 4.79 Å². The van der Waals surface area contributed by atoms with Gasteiger partial charge in [0.1, 0.15) is 11.8 Å². The number of rotatable bonds is 5. The lowest BCUT2D eigenvalue weighted by Crippen LogP contribution is -2.11. The highest BCUT2D eigenvalue weighted by molar-refractivity contribution is 5.93. The minimum Gasteiger partial charge on any atom is -0.492 e. The molecule has 0 aromatic heterocycles. The fourth-order valence-corrected chi connectivity index (χ4v) is 1.30. The van der Waals surface area contributed by atoms with Crippen LogP contribution in [0.2, 0.25) is 0 Å². The summed E-state index contributed by atoms with van der Waals surface area (Å²) in [6.45, 7) is 4.76. The molecule has 4 heteroatoms. The van der Waals surface area contributed by atoms with E-state index in [-0.39, 0.29) is 0 Å². The maximum atomic E-state index is 11.0. The largest absolute Gasteiger partial charge is 0.492 e. The number of ether oxygens (including phenoxy) is 1. The summed E-state index contributed by atoms with van der Waals surface area (Å²) in [7, 11) is 0. The molecule has 0 aliphatic heterocycles. The Balaban J connectivity index is 2.79. The number of benzene rings is 1. The van der Waals surface area contributed by atoms with Gasteiger partial charge in [0.15, 0.2) is 0 Å². The van der Waals surface area contributed by atoms with Gasteiger partial charge >= 0.3 is 0 Å². The Morgan fingerprint density at radius 3 is 2.76 bits per heavy atom. The summed E-state index contributed by atoms with van der Waals surface area (Å²) in [6.07, 6.45) is 0.919. The summed E-state index contributed by atoms with van der Waals surface area (Å²) >= 11 is 0. The Bertz CT molecular complexity index is 447. The van der Waals surface area contributed by atoms with E-state index in [4.69, 9.17) is 15.7 Å². The molecule has 1 amide bonds. The normalized spacial score (nSPS) is 10.0. The standard InChI is InChI=1S/C13H16N2O2/c1-9(2)5-6-17-12-4-3-10(13(15)16)7-11(12)8-14/h3-4,7,9H,5-6H2,1-2H3,(H2,15,16). The van der Waals surface area contributed by atoms with Crippen LogP contribution in [0.4, 0.5) is 0 Å². The van der Waals surface area contributed by atoms with E-state index in [1.54, 1.807) is 12.1 Å². The first-order valence-electron chi connectivity index (χ1n) is 5.51. The van der Waals surface area contributed by atoms with Gasteiger partial charge in [-0.1, -0.05) is 13.8 Å². The van der Waals surface area contributed by atoms with Crippen LogP contribution >= 0.6 is 0 Å². The van der Waals surface area contributed by atoms with Crippen molar-refractivity contribution in [3.8, 4) is 11.8 Å². The molecule has 0 aliphatic rings. The van der Waals surface area contributed by atoms with Gasteiger partial charge in [0.05, 0.1) is 12.2 Å². The third-order valence-corrected chi connectivity index (χ3v) is 2.34. The number of carbonyl (C=O) groups is 1. The number of hydrogen-bond acceptors (Lipinski definition) is 3. The Kier molecular flexibility index (Phi) is 4.53. The number of amides is 1. The first-order chi connectivity index (χ1) is 8.04. The fourth-order valence-electron chi connectivity index (χ4n) is 1.30. The summed E-state index contributed by atoms with van der Waals surface area (Å²) in [5, 5.41) is 8.95. The van der Waals surface area contributed by atoms with Crippen molar-refractivity contribution in [2.24, 2.45) is 11.7 Å². The molecule has 2 N–H and O–H groups in total. The maximum absolute atomic E-state index is 11.0. The predicted molar refractivity (Wildman–Crippen MR) is 64.6 cm³/mol. The predicted octanol–water partition coefficient (Wildman–Crippen LogP) is 2.08. The second-order valence-electron chi connectivity index (χ2n) is 4.22. The van der Waals surface area contributed by atoms with Gasteiger partial charge in [-0.2, -0.15) is 5.26 Å². The van der Waals surface area contributed by atoms with E-state index in [2.05, 4.69) is 13.8 Å². The third kappa shape index (κ3) is 3.80. The van der Waals surface area contributed by atoms with Crippen LogP contribution < -0.4 is 10.5 Å². The summed E-state index contributed by atoms with van der Waals surface area (Å²) in [4.78, 5) is 11.0. The quantitative estimate of drug-likeness (QED) is 0.844. The zero-order chi connectivity index (χ0) is 12.8. The van der Waals surface area contributed by atoms with Crippen LogP contribution in [0.5, 0.6) is 5.75 Å². The van der Waals surface area contributed by atoms with Crippen molar-refractivity contribution < 1.29 is 9.53 Å². The Morgan fingerprint density at radius 1 is 1.53 bits per heavy atom. The van der Waals surface area contributed by atoms with E-state index < -0.39 is 5.91 Å². The highest BCUT2D eigenvalue weighted by Crippen LogP contribution is 2.19. The van der Waals surface area contributed by atoms with Crippen LogP contribution in [-0.2, 0) is 0 Å². The molecule has 0 atom stereocenters. The van der Waals surface area contributed by atoms with E-state index in [1.165, 1.54) is 6.07 Å². The lowest BCUT2D eigenvalue weighted by molar-refractivity contribution is 0.1000. The average molecular weight is 232 g/mol. The summed E-state index contributed by atoms with van der Waals surface area (Å²) in [6, 6.07) is 6.62. The van der Waals surface area contributed by atoms with Gasteiger partial charge in [0, 0.05) is 5.56 Å². The van der Waals surface area contributed by atoms with Gasteiger partial charge < -0.3 is 10.5 Å². The van der Waals surface area contributed by atoms with E-state index in [0.29, 0.717) is 29.4 Å². The fraction of sp³-hybridized carbons (Fsp3) is 0.385. The van der Waals surface area contributed by atoms with Crippen molar-refractivity contribution in [2.75, 3.05) is 6.61 Å². The van der Waals surface area contributed by atoms with Crippen molar-refractivity contribution in [3.05, 3.63) is 29.3 Å². The number of nitrogens with two attached hydrogens (primary N) is 1. The van der Waals surface area contributed by atoms with Crippen LogP contribution in [-0.4, -0.2) is 12.5 Å². The Hall–Kier alpha value is -2.02. The molecular weight excluding hydrogens is 216 g/mol. The number of carbonyl (C=O) groups excluding carboxylic acids is 1. The molecular formula is C13H16N2O2. The van der Waals surface area contributed by atoms with Gasteiger partial charge in [-0.15, -0.1) is 0 Å². The molecule has 1 rings (SSSR count). The molecule has 90 valence electrons.